The van der Waals surface area contributed by atoms with Gasteiger partial charge in [-0.15, -0.1) is 0 Å². The van der Waals surface area contributed by atoms with Gasteiger partial charge in [-0.3, -0.25) is 0 Å². The van der Waals surface area contributed by atoms with E-state index in [0.29, 0.717) is 5.56 Å². The Kier molecular flexibility index (Phi) is 2.93. The van der Waals surface area contributed by atoms with E-state index in [4.69, 9.17) is 0 Å². The van der Waals surface area contributed by atoms with Crippen molar-refractivity contribution >= 4 is 6.08 Å². The fraction of sp³-hybridized carbons (Fsp3) is 0.300. The van der Waals surface area contributed by atoms with Gasteiger partial charge in [0.2, 0.25) is 12.4 Å². The van der Waals surface area contributed by atoms with Crippen LogP contribution in [0.15, 0.2) is 23.2 Å². The molecule has 1 aromatic rings. The van der Waals surface area contributed by atoms with Crippen LogP contribution in [0.3, 0.4) is 0 Å². The molecule has 0 radical (unpaired) electrons. The summed E-state index contributed by atoms with van der Waals surface area (Å²) in [4.78, 5) is 12.9. The molecule has 1 atom stereocenters. The van der Waals surface area contributed by atoms with E-state index < -0.39 is 6.30 Å². The number of alkyl halides is 1. The maximum Gasteiger partial charge on any atom is 0.238 e. The molecule has 0 bridgehead atoms. The zero-order valence-electron chi connectivity index (χ0n) is 7.54. The number of halogens is 1. The predicted octanol–water partition coefficient (Wildman–Crippen LogP) is 2.61. The minimum atomic E-state index is -1.59. The van der Waals surface area contributed by atoms with Crippen LogP contribution in [-0.4, -0.2) is 6.08 Å². The fourth-order valence-electron chi connectivity index (χ4n) is 1.15. The number of hydrogen-bond acceptors (Lipinski definition) is 2. The van der Waals surface area contributed by atoms with Crippen molar-refractivity contribution in [1.82, 2.24) is 0 Å². The molecule has 0 saturated heterocycles. The molecule has 0 saturated carbocycles. The summed E-state index contributed by atoms with van der Waals surface area (Å²) in [5.74, 6) is 0. The highest BCUT2D eigenvalue weighted by Crippen LogP contribution is 2.23. The van der Waals surface area contributed by atoms with Gasteiger partial charge < -0.3 is 0 Å². The number of benzene rings is 1. The summed E-state index contributed by atoms with van der Waals surface area (Å²) in [7, 11) is 0. The van der Waals surface area contributed by atoms with E-state index in [2.05, 4.69) is 4.99 Å². The van der Waals surface area contributed by atoms with Gasteiger partial charge >= 0.3 is 0 Å². The van der Waals surface area contributed by atoms with E-state index >= 15 is 0 Å². The van der Waals surface area contributed by atoms with Crippen molar-refractivity contribution in [3.05, 3.63) is 34.9 Å². The van der Waals surface area contributed by atoms with Crippen molar-refractivity contribution in [3.63, 3.8) is 0 Å². The Morgan fingerprint density at radius 3 is 2.77 bits per heavy atom. The van der Waals surface area contributed by atoms with Crippen molar-refractivity contribution in [1.29, 1.82) is 0 Å². The van der Waals surface area contributed by atoms with Crippen LogP contribution < -0.4 is 0 Å². The summed E-state index contributed by atoms with van der Waals surface area (Å²) >= 11 is 0. The topological polar surface area (TPSA) is 29.4 Å². The van der Waals surface area contributed by atoms with Crippen LogP contribution in [0.1, 0.15) is 23.0 Å². The number of carbonyl (C=O) groups excluding carboxylic acids is 1. The molecule has 0 fully saturated rings. The second-order valence-corrected chi connectivity index (χ2v) is 2.85. The van der Waals surface area contributed by atoms with Gasteiger partial charge in [-0.2, -0.15) is 4.99 Å². The molecule has 0 heterocycles. The normalized spacial score (nSPS) is 11.9. The number of aliphatic imine (C=N–C) groups is 1. The second-order valence-electron chi connectivity index (χ2n) is 2.85. The first kappa shape index (κ1) is 9.62. The summed E-state index contributed by atoms with van der Waals surface area (Å²) in [6, 6.07) is 5.24. The second kappa shape index (κ2) is 3.97. The van der Waals surface area contributed by atoms with Crippen LogP contribution in [0.25, 0.3) is 0 Å². The molecule has 1 unspecified atom stereocenters. The minimum absolute atomic E-state index is 0.434. The van der Waals surface area contributed by atoms with Gasteiger partial charge in [0.15, 0.2) is 0 Å². The Bertz CT molecular complexity index is 356. The molecule has 13 heavy (non-hydrogen) atoms. The Labute approximate surface area is 76.1 Å². The van der Waals surface area contributed by atoms with Crippen molar-refractivity contribution < 1.29 is 9.18 Å². The van der Waals surface area contributed by atoms with Gasteiger partial charge in [-0.05, 0) is 25.0 Å². The summed E-state index contributed by atoms with van der Waals surface area (Å²) < 4.78 is 13.1. The average molecular weight is 179 g/mol. The third kappa shape index (κ3) is 2.01. The van der Waals surface area contributed by atoms with Gasteiger partial charge in [-0.25, -0.2) is 9.18 Å². The molecular weight excluding hydrogens is 169 g/mol. The van der Waals surface area contributed by atoms with Crippen LogP contribution in [-0.2, 0) is 4.79 Å². The van der Waals surface area contributed by atoms with E-state index in [1.807, 2.05) is 13.0 Å². The molecule has 0 N–H and O–H groups in total. The smallest absolute Gasteiger partial charge is 0.215 e. The quantitative estimate of drug-likeness (QED) is 0.390. The maximum atomic E-state index is 13.1. The Hall–Kier alpha value is -1.47. The van der Waals surface area contributed by atoms with Crippen LogP contribution in [0.5, 0.6) is 0 Å². The van der Waals surface area contributed by atoms with Gasteiger partial charge in [-0.1, -0.05) is 18.2 Å². The molecule has 0 aromatic heterocycles. The molecule has 68 valence electrons. The fourth-order valence-corrected chi connectivity index (χ4v) is 1.15. The van der Waals surface area contributed by atoms with Crippen molar-refractivity contribution in [2.45, 2.75) is 20.1 Å². The summed E-state index contributed by atoms with van der Waals surface area (Å²) in [5.41, 5.74) is 2.25. The number of isocyanates is 1. The number of aryl methyl sites for hydroxylation is 1. The molecule has 3 heteroatoms. The molecule has 1 aromatic carbocycles. The first-order chi connectivity index (χ1) is 6.16. The Morgan fingerprint density at radius 2 is 2.15 bits per heavy atom. The van der Waals surface area contributed by atoms with Crippen LogP contribution >= 0.6 is 0 Å². The molecule has 2 nitrogen and oxygen atoms in total. The number of nitrogens with zero attached hydrogens (tertiary/aromatic N) is 1. The van der Waals surface area contributed by atoms with Gasteiger partial charge in [0, 0.05) is 5.56 Å². The lowest BCUT2D eigenvalue weighted by atomic mass is 10.0. The zero-order valence-corrected chi connectivity index (χ0v) is 7.54. The van der Waals surface area contributed by atoms with Crippen LogP contribution in [0.4, 0.5) is 4.39 Å². The van der Waals surface area contributed by atoms with Gasteiger partial charge in [0.1, 0.15) is 0 Å². The monoisotopic (exact) mass is 179 g/mol. The van der Waals surface area contributed by atoms with Crippen molar-refractivity contribution in [3.8, 4) is 0 Å². The third-order valence-electron chi connectivity index (χ3n) is 2.07. The van der Waals surface area contributed by atoms with E-state index in [9.17, 15) is 9.18 Å². The van der Waals surface area contributed by atoms with Gasteiger partial charge in [0.05, 0.1) is 0 Å². The molecule has 0 aliphatic carbocycles. The lowest BCUT2D eigenvalue weighted by Gasteiger charge is -2.07. The van der Waals surface area contributed by atoms with E-state index in [-0.39, 0.29) is 0 Å². The highest BCUT2D eigenvalue weighted by Gasteiger charge is 2.10. The predicted molar refractivity (Wildman–Crippen MR) is 47.9 cm³/mol. The molecule has 0 aliphatic heterocycles. The average Bonchev–Trinajstić information content (AvgIpc) is 2.10. The molecule has 0 aliphatic rings. The Morgan fingerprint density at radius 1 is 1.46 bits per heavy atom. The standard InChI is InChI=1S/C10H10FNO/c1-7-4-3-5-9(8(7)2)10(11)12-6-13/h3-5,10H,1-2H3. The molecule has 1 rings (SSSR count). The van der Waals surface area contributed by atoms with Crippen LogP contribution in [0, 0.1) is 13.8 Å². The minimum Gasteiger partial charge on any atom is -0.215 e. The molecule has 0 amide bonds. The number of hydrogen-bond donors (Lipinski definition) is 0. The Balaban J connectivity index is 3.14. The lowest BCUT2D eigenvalue weighted by Crippen LogP contribution is -1.93. The highest BCUT2D eigenvalue weighted by atomic mass is 19.1. The van der Waals surface area contributed by atoms with Gasteiger partial charge in [0.25, 0.3) is 0 Å². The summed E-state index contributed by atoms with van der Waals surface area (Å²) in [6.45, 7) is 3.69. The highest BCUT2D eigenvalue weighted by molar-refractivity contribution is 5.38. The van der Waals surface area contributed by atoms with E-state index in [1.54, 1.807) is 19.1 Å². The lowest BCUT2D eigenvalue weighted by molar-refractivity contribution is 0.355. The van der Waals surface area contributed by atoms with E-state index in [0.717, 1.165) is 11.1 Å². The third-order valence-corrected chi connectivity index (χ3v) is 2.07. The SMILES string of the molecule is Cc1cccc(C(F)N=C=O)c1C. The molecule has 0 spiro atoms. The first-order valence-corrected chi connectivity index (χ1v) is 3.94. The largest absolute Gasteiger partial charge is 0.238 e. The first-order valence-electron chi connectivity index (χ1n) is 3.94. The number of rotatable bonds is 2. The maximum absolute atomic E-state index is 13.1. The van der Waals surface area contributed by atoms with E-state index in [1.165, 1.54) is 6.08 Å². The van der Waals surface area contributed by atoms with Crippen LogP contribution in [0.2, 0.25) is 0 Å². The summed E-state index contributed by atoms with van der Waals surface area (Å²) in [6.07, 6.45) is -0.373. The zero-order chi connectivity index (χ0) is 9.84. The summed E-state index contributed by atoms with van der Waals surface area (Å²) in [5, 5.41) is 0. The molecular formula is C10H10FNO. The van der Waals surface area contributed by atoms with Crippen molar-refractivity contribution in [2.24, 2.45) is 4.99 Å². The van der Waals surface area contributed by atoms with Crippen molar-refractivity contribution in [2.75, 3.05) is 0 Å².